The van der Waals surface area contributed by atoms with Crippen LogP contribution in [0.2, 0.25) is 0 Å². The molecule has 0 aromatic rings. The van der Waals surface area contributed by atoms with E-state index < -0.39 is 10.0 Å². The molecule has 1 amide bonds. The van der Waals surface area contributed by atoms with Gasteiger partial charge in [0.15, 0.2) is 0 Å². The van der Waals surface area contributed by atoms with Crippen molar-refractivity contribution in [2.24, 2.45) is 0 Å². The van der Waals surface area contributed by atoms with Crippen LogP contribution in [-0.4, -0.2) is 55.9 Å². The molecule has 108 valence electrons. The first-order chi connectivity index (χ1) is 8.82. The van der Waals surface area contributed by atoms with E-state index in [-0.39, 0.29) is 11.6 Å². The van der Waals surface area contributed by atoms with Crippen LogP contribution in [0, 0.1) is 0 Å². The number of piperidine rings is 1. The molecule has 0 saturated carbocycles. The molecule has 1 spiro atoms. The number of nitrogens with one attached hydrogen (secondary N) is 1. The predicted molar refractivity (Wildman–Crippen MR) is 72.7 cm³/mol. The van der Waals surface area contributed by atoms with E-state index >= 15 is 0 Å². The van der Waals surface area contributed by atoms with Crippen LogP contribution in [0.15, 0.2) is 11.0 Å². The number of hydrogen-bond acceptors (Lipinski definition) is 4. The number of rotatable bonds is 2. The average molecular weight is 287 g/mol. The zero-order valence-electron chi connectivity index (χ0n) is 11.6. The van der Waals surface area contributed by atoms with Crippen molar-refractivity contribution < 1.29 is 13.2 Å². The zero-order chi connectivity index (χ0) is 14.3. The van der Waals surface area contributed by atoms with E-state index in [2.05, 4.69) is 5.32 Å². The number of allylic oxidation sites excluding steroid dienone is 2. The molecule has 19 heavy (non-hydrogen) atoms. The third kappa shape index (κ3) is 2.42. The lowest BCUT2D eigenvalue weighted by atomic mass is 9.98. The standard InChI is InChI=1S/C12H21N3O3S/c1-4-10(2)19(17,18)15-7-5-12(6-8-15)13-11(16)9-14(12)3/h4H,5-9H2,1-3H3,(H,13,16). The van der Waals surface area contributed by atoms with Gasteiger partial charge in [0.25, 0.3) is 0 Å². The molecule has 2 aliphatic heterocycles. The number of carbonyl (C=O) groups excluding carboxylic acids is 1. The fraction of sp³-hybridized carbons (Fsp3) is 0.750. The molecule has 0 atom stereocenters. The van der Waals surface area contributed by atoms with Crippen molar-refractivity contribution in [1.29, 1.82) is 0 Å². The lowest BCUT2D eigenvalue weighted by Crippen LogP contribution is -2.58. The Balaban J connectivity index is 2.10. The van der Waals surface area contributed by atoms with Crippen LogP contribution in [0.1, 0.15) is 26.7 Å². The SMILES string of the molecule is CC=C(C)S(=O)(=O)N1CCC2(CC1)NC(=O)CN2C. The van der Waals surface area contributed by atoms with Gasteiger partial charge in [-0.1, -0.05) is 6.08 Å². The third-order valence-electron chi connectivity index (χ3n) is 4.19. The molecule has 0 radical (unpaired) electrons. The minimum absolute atomic E-state index is 0.0171. The second-order valence-corrected chi connectivity index (χ2v) is 7.35. The number of sulfonamides is 1. The molecule has 0 aromatic heterocycles. The predicted octanol–water partition coefficient (Wildman–Crippen LogP) is 0.0936. The maximum atomic E-state index is 12.2. The third-order valence-corrected chi connectivity index (χ3v) is 6.28. The first-order valence-electron chi connectivity index (χ1n) is 6.47. The summed E-state index contributed by atoms with van der Waals surface area (Å²) in [6, 6.07) is 0. The van der Waals surface area contributed by atoms with Gasteiger partial charge in [-0.3, -0.25) is 9.69 Å². The topological polar surface area (TPSA) is 69.7 Å². The zero-order valence-corrected chi connectivity index (χ0v) is 12.5. The Kier molecular flexibility index (Phi) is 3.72. The van der Waals surface area contributed by atoms with Crippen molar-refractivity contribution in [2.45, 2.75) is 32.4 Å². The van der Waals surface area contributed by atoms with E-state index in [4.69, 9.17) is 0 Å². The molecule has 2 heterocycles. The lowest BCUT2D eigenvalue weighted by molar-refractivity contribution is -0.119. The summed E-state index contributed by atoms with van der Waals surface area (Å²) in [5, 5.41) is 2.99. The monoisotopic (exact) mass is 287 g/mol. The lowest BCUT2D eigenvalue weighted by Gasteiger charge is -2.42. The molecule has 2 saturated heterocycles. The van der Waals surface area contributed by atoms with Crippen molar-refractivity contribution >= 4 is 15.9 Å². The van der Waals surface area contributed by atoms with Gasteiger partial charge in [-0.25, -0.2) is 8.42 Å². The molecule has 0 aromatic carbocycles. The van der Waals surface area contributed by atoms with Gasteiger partial charge in [0, 0.05) is 13.1 Å². The fourth-order valence-electron chi connectivity index (χ4n) is 2.72. The molecule has 2 fully saturated rings. The molecule has 2 aliphatic rings. The van der Waals surface area contributed by atoms with Crippen LogP contribution in [-0.2, 0) is 14.8 Å². The van der Waals surface area contributed by atoms with Crippen molar-refractivity contribution in [3.05, 3.63) is 11.0 Å². The molecule has 0 aliphatic carbocycles. The second-order valence-electron chi connectivity index (χ2n) is 5.24. The normalized spacial score (nSPS) is 25.8. The van der Waals surface area contributed by atoms with E-state index in [0.717, 1.165) is 0 Å². The summed E-state index contributed by atoms with van der Waals surface area (Å²) in [4.78, 5) is 13.8. The van der Waals surface area contributed by atoms with Crippen molar-refractivity contribution in [3.8, 4) is 0 Å². The smallest absolute Gasteiger partial charge is 0.238 e. The maximum Gasteiger partial charge on any atom is 0.238 e. The number of carbonyl (C=O) groups is 1. The second kappa shape index (κ2) is 4.88. The van der Waals surface area contributed by atoms with E-state index in [1.165, 1.54) is 4.31 Å². The Bertz CT molecular complexity index is 504. The molecule has 7 heteroatoms. The minimum Gasteiger partial charge on any atom is -0.337 e. The van der Waals surface area contributed by atoms with Crippen molar-refractivity contribution in [1.82, 2.24) is 14.5 Å². The Morgan fingerprint density at radius 1 is 1.37 bits per heavy atom. The molecule has 2 rings (SSSR count). The Morgan fingerprint density at radius 3 is 2.37 bits per heavy atom. The van der Waals surface area contributed by atoms with Gasteiger partial charge in [-0.2, -0.15) is 4.31 Å². The van der Waals surface area contributed by atoms with Gasteiger partial charge in [0.2, 0.25) is 15.9 Å². The summed E-state index contributed by atoms with van der Waals surface area (Å²) in [6.45, 7) is 4.61. The number of likely N-dealkylation sites (N-methyl/N-ethyl adjacent to an activating group) is 1. The highest BCUT2D eigenvalue weighted by atomic mass is 32.2. The van der Waals surface area contributed by atoms with Gasteiger partial charge in [0.1, 0.15) is 0 Å². The summed E-state index contributed by atoms with van der Waals surface area (Å²) >= 11 is 0. The summed E-state index contributed by atoms with van der Waals surface area (Å²) < 4.78 is 26.0. The van der Waals surface area contributed by atoms with Gasteiger partial charge in [-0.15, -0.1) is 0 Å². The van der Waals surface area contributed by atoms with E-state index in [1.807, 2.05) is 11.9 Å². The summed E-state index contributed by atoms with van der Waals surface area (Å²) in [5.41, 5.74) is -0.354. The first-order valence-corrected chi connectivity index (χ1v) is 7.91. The van der Waals surface area contributed by atoms with E-state index in [0.29, 0.717) is 37.4 Å². The van der Waals surface area contributed by atoms with E-state index in [1.54, 1.807) is 19.9 Å². The first kappa shape index (κ1) is 14.5. The van der Waals surface area contributed by atoms with Gasteiger partial charge < -0.3 is 5.32 Å². The molecular weight excluding hydrogens is 266 g/mol. The molecule has 6 nitrogen and oxygen atoms in total. The van der Waals surface area contributed by atoms with Gasteiger partial charge in [0.05, 0.1) is 17.1 Å². The van der Waals surface area contributed by atoms with Gasteiger partial charge in [-0.05, 0) is 33.7 Å². The highest BCUT2D eigenvalue weighted by Crippen LogP contribution is 2.30. The number of amides is 1. The van der Waals surface area contributed by atoms with Crippen molar-refractivity contribution in [2.75, 3.05) is 26.7 Å². The maximum absolute atomic E-state index is 12.2. The van der Waals surface area contributed by atoms with E-state index in [9.17, 15) is 13.2 Å². The fourth-order valence-corrected chi connectivity index (χ4v) is 4.09. The van der Waals surface area contributed by atoms with Crippen LogP contribution in [0.4, 0.5) is 0 Å². The van der Waals surface area contributed by atoms with Crippen LogP contribution >= 0.6 is 0 Å². The van der Waals surface area contributed by atoms with Gasteiger partial charge >= 0.3 is 0 Å². The van der Waals surface area contributed by atoms with Crippen LogP contribution in [0.3, 0.4) is 0 Å². The molecule has 1 N–H and O–H groups in total. The Labute approximate surface area is 114 Å². The van der Waals surface area contributed by atoms with Crippen LogP contribution in [0.25, 0.3) is 0 Å². The highest BCUT2D eigenvalue weighted by molar-refractivity contribution is 7.93. The van der Waals surface area contributed by atoms with Crippen molar-refractivity contribution in [3.63, 3.8) is 0 Å². The quantitative estimate of drug-likeness (QED) is 0.782. The minimum atomic E-state index is -3.33. The summed E-state index contributed by atoms with van der Waals surface area (Å²) in [6.07, 6.45) is 2.88. The van der Waals surface area contributed by atoms with Crippen LogP contribution in [0.5, 0.6) is 0 Å². The average Bonchev–Trinajstić information content (AvgIpc) is 2.63. The number of hydrogen-bond donors (Lipinski definition) is 1. The summed E-state index contributed by atoms with van der Waals surface area (Å²) in [5.74, 6) is 0.0171. The van der Waals surface area contributed by atoms with Crippen LogP contribution < -0.4 is 5.32 Å². The largest absolute Gasteiger partial charge is 0.337 e. The molecular formula is C12H21N3O3S. The molecule has 0 bridgehead atoms. The Morgan fingerprint density at radius 2 is 1.95 bits per heavy atom. The Hall–Kier alpha value is -0.920. The molecule has 0 unspecified atom stereocenters. The highest BCUT2D eigenvalue weighted by Gasteiger charge is 2.46. The number of nitrogens with zero attached hydrogens (tertiary/aromatic N) is 2. The summed E-state index contributed by atoms with van der Waals surface area (Å²) in [7, 11) is -1.42.